The van der Waals surface area contributed by atoms with Crippen molar-refractivity contribution >= 4 is 11.1 Å². The van der Waals surface area contributed by atoms with Gasteiger partial charge in [0.1, 0.15) is 5.76 Å². The van der Waals surface area contributed by atoms with E-state index in [4.69, 9.17) is 9.15 Å². The molecule has 2 aromatic rings. The SMILES string of the molecule is Cc1cc2cn(CC3CCCCO3)c(=O)nc2o1. The highest BCUT2D eigenvalue weighted by molar-refractivity contribution is 5.72. The van der Waals surface area contributed by atoms with Crippen molar-refractivity contribution in [3.05, 3.63) is 28.5 Å². The number of hydrogen-bond acceptors (Lipinski definition) is 4. The van der Waals surface area contributed by atoms with Gasteiger partial charge in [-0.25, -0.2) is 4.79 Å². The first-order chi connectivity index (χ1) is 8.72. The molecule has 0 amide bonds. The van der Waals surface area contributed by atoms with Crippen LogP contribution in [0.1, 0.15) is 25.0 Å². The summed E-state index contributed by atoms with van der Waals surface area (Å²) in [6.45, 7) is 3.21. The number of fused-ring (bicyclic) bond motifs is 1. The largest absolute Gasteiger partial charge is 0.443 e. The summed E-state index contributed by atoms with van der Waals surface area (Å²) in [5, 5.41) is 0.864. The van der Waals surface area contributed by atoms with Crippen LogP contribution in [0.15, 0.2) is 21.5 Å². The second-order valence-corrected chi connectivity index (χ2v) is 4.78. The zero-order chi connectivity index (χ0) is 12.5. The van der Waals surface area contributed by atoms with E-state index in [1.165, 1.54) is 6.42 Å². The molecule has 1 atom stereocenters. The third-order valence-corrected chi connectivity index (χ3v) is 3.28. The summed E-state index contributed by atoms with van der Waals surface area (Å²) in [7, 11) is 0. The lowest BCUT2D eigenvalue weighted by Gasteiger charge is -2.22. The van der Waals surface area contributed by atoms with Crippen LogP contribution < -0.4 is 5.69 Å². The molecular formula is C13H16N2O3. The Morgan fingerprint density at radius 1 is 1.50 bits per heavy atom. The van der Waals surface area contributed by atoms with Gasteiger partial charge in [-0.15, -0.1) is 0 Å². The predicted octanol–water partition coefficient (Wildman–Crippen LogP) is 1.87. The minimum atomic E-state index is -0.272. The van der Waals surface area contributed by atoms with Crippen molar-refractivity contribution in [2.45, 2.75) is 38.8 Å². The molecule has 5 nitrogen and oxygen atoms in total. The van der Waals surface area contributed by atoms with Gasteiger partial charge in [-0.1, -0.05) is 0 Å². The molecule has 18 heavy (non-hydrogen) atoms. The van der Waals surface area contributed by atoms with E-state index in [2.05, 4.69) is 4.98 Å². The van der Waals surface area contributed by atoms with Gasteiger partial charge in [0, 0.05) is 12.8 Å². The molecule has 1 unspecified atom stereocenters. The number of hydrogen-bond donors (Lipinski definition) is 0. The van der Waals surface area contributed by atoms with Crippen molar-refractivity contribution in [3.63, 3.8) is 0 Å². The molecule has 0 spiro atoms. The zero-order valence-corrected chi connectivity index (χ0v) is 10.4. The van der Waals surface area contributed by atoms with Gasteiger partial charge in [0.2, 0.25) is 5.71 Å². The van der Waals surface area contributed by atoms with Crippen LogP contribution in [0.4, 0.5) is 0 Å². The van der Waals surface area contributed by atoms with E-state index in [9.17, 15) is 4.79 Å². The maximum Gasteiger partial charge on any atom is 0.350 e. The maximum atomic E-state index is 11.9. The molecule has 0 aliphatic carbocycles. The Bertz CT molecular complexity index is 608. The number of ether oxygens (including phenoxy) is 1. The highest BCUT2D eigenvalue weighted by Gasteiger charge is 2.16. The Morgan fingerprint density at radius 3 is 3.17 bits per heavy atom. The molecule has 3 rings (SSSR count). The summed E-state index contributed by atoms with van der Waals surface area (Å²) in [4.78, 5) is 15.8. The van der Waals surface area contributed by atoms with Gasteiger partial charge in [-0.3, -0.25) is 4.57 Å². The van der Waals surface area contributed by atoms with Gasteiger partial charge >= 0.3 is 5.69 Å². The van der Waals surface area contributed by atoms with Crippen LogP contribution in [0.5, 0.6) is 0 Å². The molecule has 2 aromatic heterocycles. The van der Waals surface area contributed by atoms with Crippen LogP contribution in [0.3, 0.4) is 0 Å². The summed E-state index contributed by atoms with van der Waals surface area (Å²) in [5.41, 5.74) is 0.143. The first-order valence-corrected chi connectivity index (χ1v) is 6.31. The molecule has 0 aromatic carbocycles. The third kappa shape index (κ3) is 2.18. The number of aromatic nitrogens is 2. The lowest BCUT2D eigenvalue weighted by atomic mass is 10.1. The van der Waals surface area contributed by atoms with E-state index < -0.39 is 0 Å². The summed E-state index contributed by atoms with van der Waals surface area (Å²) in [6, 6.07) is 1.89. The Labute approximate surface area is 104 Å². The topological polar surface area (TPSA) is 57.3 Å². The van der Waals surface area contributed by atoms with E-state index in [0.29, 0.717) is 12.3 Å². The van der Waals surface area contributed by atoms with Crippen LogP contribution in [0.2, 0.25) is 0 Å². The molecule has 0 radical (unpaired) electrons. The van der Waals surface area contributed by atoms with Crippen LogP contribution >= 0.6 is 0 Å². The summed E-state index contributed by atoms with van der Waals surface area (Å²) >= 11 is 0. The Morgan fingerprint density at radius 2 is 2.39 bits per heavy atom. The molecule has 0 N–H and O–H groups in total. The van der Waals surface area contributed by atoms with Crippen LogP contribution in [0, 0.1) is 6.92 Å². The van der Waals surface area contributed by atoms with E-state index in [-0.39, 0.29) is 11.8 Å². The molecule has 0 bridgehead atoms. The van der Waals surface area contributed by atoms with Crippen LogP contribution in [0.25, 0.3) is 11.1 Å². The molecule has 96 valence electrons. The summed E-state index contributed by atoms with van der Waals surface area (Å²) < 4.78 is 12.6. The molecule has 1 fully saturated rings. The minimum absolute atomic E-state index is 0.128. The molecule has 1 saturated heterocycles. The molecule has 0 saturated carbocycles. The standard InChI is InChI=1S/C13H16N2O3/c1-9-6-10-7-15(13(16)14-12(10)18-9)8-11-4-2-3-5-17-11/h6-7,11H,2-5,8H2,1H3. The normalized spacial score (nSPS) is 20.4. The van der Waals surface area contributed by atoms with Crippen LogP contribution in [-0.4, -0.2) is 22.3 Å². The van der Waals surface area contributed by atoms with Gasteiger partial charge in [0.25, 0.3) is 0 Å². The minimum Gasteiger partial charge on any atom is -0.443 e. The van der Waals surface area contributed by atoms with E-state index >= 15 is 0 Å². The van der Waals surface area contributed by atoms with Crippen molar-refractivity contribution in [2.24, 2.45) is 0 Å². The zero-order valence-electron chi connectivity index (χ0n) is 10.4. The Hall–Kier alpha value is -1.62. The Kier molecular flexibility index (Phi) is 2.91. The van der Waals surface area contributed by atoms with E-state index in [1.54, 1.807) is 10.8 Å². The van der Waals surface area contributed by atoms with Crippen molar-refractivity contribution < 1.29 is 9.15 Å². The first kappa shape index (κ1) is 11.5. The Balaban J connectivity index is 1.90. The second kappa shape index (κ2) is 4.57. The van der Waals surface area contributed by atoms with Crippen molar-refractivity contribution in [2.75, 3.05) is 6.61 Å². The van der Waals surface area contributed by atoms with Gasteiger partial charge in [0.15, 0.2) is 0 Å². The number of aryl methyl sites for hydroxylation is 1. The first-order valence-electron chi connectivity index (χ1n) is 6.31. The molecule has 1 aliphatic heterocycles. The van der Waals surface area contributed by atoms with Gasteiger partial charge < -0.3 is 9.15 Å². The highest BCUT2D eigenvalue weighted by atomic mass is 16.5. The molecule has 1 aliphatic rings. The monoisotopic (exact) mass is 248 g/mol. The average Bonchev–Trinajstić information content (AvgIpc) is 2.70. The maximum absolute atomic E-state index is 11.9. The van der Waals surface area contributed by atoms with Gasteiger partial charge in [0.05, 0.1) is 18.0 Å². The van der Waals surface area contributed by atoms with E-state index in [0.717, 1.165) is 30.6 Å². The fraction of sp³-hybridized carbons (Fsp3) is 0.538. The fourth-order valence-electron chi connectivity index (χ4n) is 2.38. The molecule has 3 heterocycles. The van der Waals surface area contributed by atoms with Crippen LogP contribution in [-0.2, 0) is 11.3 Å². The molecule has 5 heteroatoms. The quantitative estimate of drug-likeness (QED) is 0.814. The van der Waals surface area contributed by atoms with Crippen molar-refractivity contribution in [1.29, 1.82) is 0 Å². The van der Waals surface area contributed by atoms with Gasteiger partial charge in [-0.05, 0) is 32.3 Å². The van der Waals surface area contributed by atoms with E-state index in [1.807, 2.05) is 13.0 Å². The third-order valence-electron chi connectivity index (χ3n) is 3.28. The average molecular weight is 248 g/mol. The lowest BCUT2D eigenvalue weighted by molar-refractivity contribution is 0.00528. The molecular weight excluding hydrogens is 232 g/mol. The predicted molar refractivity (Wildman–Crippen MR) is 66.6 cm³/mol. The van der Waals surface area contributed by atoms with Gasteiger partial charge in [-0.2, -0.15) is 4.98 Å². The summed E-state index contributed by atoms with van der Waals surface area (Å²) in [6.07, 6.45) is 5.22. The number of nitrogens with zero attached hydrogens (tertiary/aromatic N) is 2. The lowest BCUT2D eigenvalue weighted by Crippen LogP contribution is -2.31. The number of rotatable bonds is 2. The number of furan rings is 1. The summed E-state index contributed by atoms with van der Waals surface area (Å²) in [5.74, 6) is 0.767. The smallest absolute Gasteiger partial charge is 0.350 e. The van der Waals surface area contributed by atoms with Crippen molar-refractivity contribution in [3.8, 4) is 0 Å². The second-order valence-electron chi connectivity index (χ2n) is 4.78. The van der Waals surface area contributed by atoms with Crippen molar-refractivity contribution in [1.82, 2.24) is 9.55 Å². The fourth-order valence-corrected chi connectivity index (χ4v) is 2.38. The highest BCUT2D eigenvalue weighted by Crippen LogP contribution is 2.16.